The minimum absolute atomic E-state index is 0.0939. The number of likely N-dealkylation sites (tertiary alicyclic amines) is 1. The first-order valence-electron chi connectivity index (χ1n) is 6.07. The molecule has 0 saturated carbocycles. The topological polar surface area (TPSA) is 38.8 Å². The molecule has 4 nitrogen and oxygen atoms in total. The van der Waals surface area contributed by atoms with Gasteiger partial charge in [0.15, 0.2) is 0 Å². The zero-order valence-corrected chi connectivity index (χ0v) is 10.4. The number of ether oxygens (including phenoxy) is 2. The van der Waals surface area contributed by atoms with Gasteiger partial charge in [0.25, 0.3) is 0 Å². The minimum atomic E-state index is -0.0939. The van der Waals surface area contributed by atoms with Crippen molar-refractivity contribution >= 4 is 5.97 Å². The molecule has 1 atom stereocenters. The van der Waals surface area contributed by atoms with E-state index in [9.17, 15) is 4.79 Å². The largest absolute Gasteiger partial charge is 0.469 e. The summed E-state index contributed by atoms with van der Waals surface area (Å²) in [6.45, 7) is 2.92. The number of methoxy groups -OCH3 is 2. The highest BCUT2D eigenvalue weighted by Gasteiger charge is 2.24. The molecule has 0 aromatic heterocycles. The van der Waals surface area contributed by atoms with E-state index in [-0.39, 0.29) is 5.97 Å². The van der Waals surface area contributed by atoms with Crippen LogP contribution in [0.1, 0.15) is 32.1 Å². The van der Waals surface area contributed by atoms with Crippen LogP contribution in [0.25, 0.3) is 0 Å². The van der Waals surface area contributed by atoms with Crippen LogP contribution in [-0.2, 0) is 14.3 Å². The summed E-state index contributed by atoms with van der Waals surface area (Å²) in [4.78, 5) is 13.7. The fourth-order valence-corrected chi connectivity index (χ4v) is 2.27. The summed E-state index contributed by atoms with van der Waals surface area (Å²) in [5.74, 6) is -0.0939. The summed E-state index contributed by atoms with van der Waals surface area (Å²) in [6.07, 6.45) is 5.15. The predicted molar refractivity (Wildman–Crippen MR) is 62.3 cm³/mol. The summed E-state index contributed by atoms with van der Waals surface area (Å²) in [7, 11) is 3.18. The average molecular weight is 229 g/mol. The standard InChI is InChI=1S/C12H23NO3/c1-15-9-5-8-13-7-4-3-6-11(13)10-12(14)16-2/h11H,3-10H2,1-2H3. The van der Waals surface area contributed by atoms with Crippen LogP contribution in [0.3, 0.4) is 0 Å². The van der Waals surface area contributed by atoms with Crippen molar-refractivity contribution < 1.29 is 14.3 Å². The first kappa shape index (κ1) is 13.5. The quantitative estimate of drug-likeness (QED) is 0.510. The van der Waals surface area contributed by atoms with Crippen LogP contribution in [0.2, 0.25) is 0 Å². The maximum Gasteiger partial charge on any atom is 0.307 e. The van der Waals surface area contributed by atoms with Gasteiger partial charge >= 0.3 is 5.97 Å². The smallest absolute Gasteiger partial charge is 0.307 e. The summed E-state index contributed by atoms with van der Waals surface area (Å²) in [5, 5.41) is 0. The predicted octanol–water partition coefficient (Wildman–Crippen LogP) is 1.44. The van der Waals surface area contributed by atoms with Gasteiger partial charge in [0, 0.05) is 26.3 Å². The number of piperidine rings is 1. The monoisotopic (exact) mass is 229 g/mol. The Kier molecular flexibility index (Phi) is 6.42. The first-order valence-corrected chi connectivity index (χ1v) is 6.07. The molecule has 1 saturated heterocycles. The molecule has 0 aromatic rings. The van der Waals surface area contributed by atoms with Gasteiger partial charge in [0.1, 0.15) is 0 Å². The highest BCUT2D eigenvalue weighted by Crippen LogP contribution is 2.20. The number of rotatable bonds is 6. The highest BCUT2D eigenvalue weighted by molar-refractivity contribution is 5.69. The lowest BCUT2D eigenvalue weighted by Gasteiger charge is -2.35. The Hall–Kier alpha value is -0.610. The summed E-state index contributed by atoms with van der Waals surface area (Å²) in [6, 6.07) is 0.373. The van der Waals surface area contributed by atoms with Gasteiger partial charge in [0.2, 0.25) is 0 Å². The van der Waals surface area contributed by atoms with Gasteiger partial charge in [0.05, 0.1) is 13.5 Å². The van der Waals surface area contributed by atoms with E-state index in [0.29, 0.717) is 12.5 Å². The molecule has 0 radical (unpaired) electrons. The number of nitrogens with zero attached hydrogens (tertiary/aromatic N) is 1. The second-order valence-corrected chi connectivity index (χ2v) is 4.31. The van der Waals surface area contributed by atoms with Crippen molar-refractivity contribution in [1.29, 1.82) is 0 Å². The van der Waals surface area contributed by atoms with Gasteiger partial charge in [-0.2, -0.15) is 0 Å². The van der Waals surface area contributed by atoms with Crippen LogP contribution >= 0.6 is 0 Å². The van der Waals surface area contributed by atoms with E-state index in [2.05, 4.69) is 4.90 Å². The van der Waals surface area contributed by atoms with Crippen LogP contribution in [0, 0.1) is 0 Å². The van der Waals surface area contributed by atoms with Crippen LogP contribution < -0.4 is 0 Å². The number of hydrogen-bond acceptors (Lipinski definition) is 4. The molecule has 4 heteroatoms. The molecule has 94 valence electrons. The second kappa shape index (κ2) is 7.63. The third-order valence-electron chi connectivity index (χ3n) is 3.17. The van der Waals surface area contributed by atoms with E-state index < -0.39 is 0 Å². The molecule has 0 spiro atoms. The van der Waals surface area contributed by atoms with E-state index in [4.69, 9.17) is 9.47 Å². The zero-order valence-electron chi connectivity index (χ0n) is 10.4. The van der Waals surface area contributed by atoms with Crippen molar-refractivity contribution in [2.45, 2.75) is 38.1 Å². The molecule has 1 rings (SSSR count). The number of hydrogen-bond donors (Lipinski definition) is 0. The van der Waals surface area contributed by atoms with Crippen LogP contribution in [0.4, 0.5) is 0 Å². The van der Waals surface area contributed by atoms with Gasteiger partial charge in [-0.05, 0) is 25.8 Å². The van der Waals surface area contributed by atoms with E-state index in [1.54, 1.807) is 7.11 Å². The molecule has 1 heterocycles. The molecule has 0 aromatic carbocycles. The van der Waals surface area contributed by atoms with Crippen molar-refractivity contribution in [1.82, 2.24) is 4.90 Å². The summed E-state index contributed by atoms with van der Waals surface area (Å²) < 4.78 is 9.79. The van der Waals surface area contributed by atoms with Gasteiger partial charge in [-0.25, -0.2) is 0 Å². The molecule has 0 bridgehead atoms. The van der Waals surface area contributed by atoms with Crippen molar-refractivity contribution in [3.63, 3.8) is 0 Å². The molecule has 0 amide bonds. The molecule has 1 aliphatic rings. The van der Waals surface area contributed by atoms with Crippen molar-refractivity contribution in [2.24, 2.45) is 0 Å². The average Bonchev–Trinajstić information content (AvgIpc) is 2.31. The number of carbonyl (C=O) groups excluding carboxylic acids is 1. The third-order valence-corrected chi connectivity index (χ3v) is 3.17. The van der Waals surface area contributed by atoms with Gasteiger partial charge in [-0.3, -0.25) is 9.69 Å². The Morgan fingerprint density at radius 1 is 1.38 bits per heavy atom. The van der Waals surface area contributed by atoms with E-state index >= 15 is 0 Å². The lowest BCUT2D eigenvalue weighted by Crippen LogP contribution is -2.41. The van der Waals surface area contributed by atoms with Crippen LogP contribution in [0.5, 0.6) is 0 Å². The zero-order chi connectivity index (χ0) is 11.8. The Labute approximate surface area is 97.9 Å². The van der Waals surface area contributed by atoms with Crippen LogP contribution in [-0.4, -0.2) is 50.8 Å². The second-order valence-electron chi connectivity index (χ2n) is 4.31. The van der Waals surface area contributed by atoms with Gasteiger partial charge in [-0.1, -0.05) is 6.42 Å². The lowest BCUT2D eigenvalue weighted by molar-refractivity contribution is -0.142. The Morgan fingerprint density at radius 3 is 2.88 bits per heavy atom. The molecule has 1 fully saturated rings. The maximum atomic E-state index is 11.3. The van der Waals surface area contributed by atoms with Crippen molar-refractivity contribution in [3.05, 3.63) is 0 Å². The van der Waals surface area contributed by atoms with E-state index in [0.717, 1.165) is 32.5 Å². The Balaban J connectivity index is 2.34. The van der Waals surface area contributed by atoms with E-state index in [1.807, 2.05) is 0 Å². The Bertz CT molecular complexity index is 208. The Morgan fingerprint density at radius 2 is 2.19 bits per heavy atom. The molecule has 1 unspecified atom stereocenters. The van der Waals surface area contributed by atoms with Crippen LogP contribution in [0.15, 0.2) is 0 Å². The molecule has 1 aliphatic heterocycles. The minimum Gasteiger partial charge on any atom is -0.469 e. The molecule has 16 heavy (non-hydrogen) atoms. The third kappa shape index (κ3) is 4.49. The normalized spacial score (nSPS) is 22.0. The first-order chi connectivity index (χ1) is 7.77. The summed E-state index contributed by atoms with van der Waals surface area (Å²) >= 11 is 0. The highest BCUT2D eigenvalue weighted by atomic mass is 16.5. The van der Waals surface area contributed by atoms with Gasteiger partial charge in [-0.15, -0.1) is 0 Å². The van der Waals surface area contributed by atoms with Crippen molar-refractivity contribution in [2.75, 3.05) is 33.9 Å². The lowest BCUT2D eigenvalue weighted by atomic mass is 9.99. The SMILES string of the molecule is COCCCN1CCCCC1CC(=O)OC. The molecule has 0 N–H and O–H groups in total. The molecular formula is C12H23NO3. The van der Waals surface area contributed by atoms with Crippen molar-refractivity contribution in [3.8, 4) is 0 Å². The number of esters is 1. The van der Waals surface area contributed by atoms with Gasteiger partial charge < -0.3 is 9.47 Å². The van der Waals surface area contributed by atoms with E-state index in [1.165, 1.54) is 20.0 Å². The fraction of sp³-hybridized carbons (Fsp3) is 0.917. The number of carbonyl (C=O) groups is 1. The molecular weight excluding hydrogens is 206 g/mol. The summed E-state index contributed by atoms with van der Waals surface area (Å²) in [5.41, 5.74) is 0. The maximum absolute atomic E-state index is 11.3. The fourth-order valence-electron chi connectivity index (χ4n) is 2.27. The molecule has 0 aliphatic carbocycles.